The third-order valence-electron chi connectivity index (χ3n) is 12.5. The van der Waals surface area contributed by atoms with Gasteiger partial charge in [-0.25, -0.2) is 0 Å². The molecule has 0 saturated heterocycles. The van der Waals surface area contributed by atoms with Gasteiger partial charge in [-0.15, -0.1) is 0 Å². The second kappa shape index (κ2) is 18.7. The van der Waals surface area contributed by atoms with Gasteiger partial charge < -0.3 is 0 Å². The largest absolute Gasteiger partial charge is 0.416 e. The van der Waals surface area contributed by atoms with Crippen molar-refractivity contribution >= 4 is 44.6 Å². The van der Waals surface area contributed by atoms with Gasteiger partial charge >= 0.3 is 12.4 Å². The van der Waals surface area contributed by atoms with Crippen molar-refractivity contribution in [3.8, 4) is 70.8 Å². The molecule has 7 aromatic rings. The molecule has 0 N–H and O–H groups in total. The monoisotopic (exact) mass is 970 g/mol. The van der Waals surface area contributed by atoms with Crippen LogP contribution in [-0.2, 0) is 12.4 Å². The topological polar surface area (TPSA) is 190 Å². The molecule has 346 valence electrons. The van der Waals surface area contributed by atoms with E-state index in [2.05, 4.69) is 24.3 Å². The lowest BCUT2D eigenvalue weighted by Crippen LogP contribution is -2.07. The van der Waals surface area contributed by atoms with Gasteiger partial charge in [0.15, 0.2) is 0 Å². The molecule has 74 heavy (non-hydrogen) atoms. The fourth-order valence-electron chi connectivity index (χ4n) is 9.57. The van der Waals surface area contributed by atoms with Crippen molar-refractivity contribution in [2.24, 2.45) is 0 Å². The Bertz CT molecular complexity index is 3810. The molecule has 0 fully saturated rings. The molecule has 0 aliphatic heterocycles. The minimum Gasteiger partial charge on any atom is -0.192 e. The second-order valence-corrected chi connectivity index (χ2v) is 16.6. The van der Waals surface area contributed by atoms with Crippen molar-refractivity contribution in [1.82, 2.24) is 0 Å². The maximum Gasteiger partial charge on any atom is 0.416 e. The molecular weight excluding hydrogens is 947 g/mol. The summed E-state index contributed by atoms with van der Waals surface area (Å²) in [4.78, 5) is 0. The lowest BCUT2D eigenvalue weighted by atomic mass is 9.77. The predicted molar refractivity (Wildman–Crippen MR) is 262 cm³/mol. The van der Waals surface area contributed by atoms with Crippen LogP contribution >= 0.6 is 0 Å². The minimum absolute atomic E-state index is 0.000738. The fraction of sp³-hybridized carbons (Fsp3) is 0.0333. The molecule has 0 heterocycles. The number of hydrogen-bond acceptors (Lipinski definition) is 8. The van der Waals surface area contributed by atoms with E-state index in [1.165, 1.54) is 36.4 Å². The molecule has 2 aliphatic rings. The summed E-state index contributed by atoms with van der Waals surface area (Å²) in [7, 11) is 0. The third-order valence-corrected chi connectivity index (χ3v) is 12.5. The number of alkyl halides is 6. The zero-order valence-electron chi connectivity index (χ0n) is 37.7. The number of rotatable bonds is 6. The van der Waals surface area contributed by atoms with Crippen molar-refractivity contribution in [3.05, 3.63) is 223 Å². The van der Waals surface area contributed by atoms with Gasteiger partial charge in [-0.05, 0) is 99.6 Å². The van der Waals surface area contributed by atoms with E-state index >= 15 is 0 Å². The Morgan fingerprint density at radius 3 is 0.905 bits per heavy atom. The summed E-state index contributed by atoms with van der Waals surface area (Å²) in [5, 5.41) is 86.9. The van der Waals surface area contributed by atoms with Gasteiger partial charge in [0, 0.05) is 50.1 Å². The van der Waals surface area contributed by atoms with Gasteiger partial charge in [-0.3, -0.25) is 0 Å². The number of allylic oxidation sites excluding steroid dienone is 8. The SMILES string of the molecule is N#CC1=C(c2ccccc2)/C(=C(/C#N)c2cc(C#N)cc(C#N)c2)c2c1c(-c1ccc(C(F)(F)F)cc1)c1c(c2-c2ccc(C(F)(F)F)cc2)/C(=C(\C#N)c2cc(C#N)cc(C#N)c2)C(c2ccccc2)=C1C#N. The zero-order chi connectivity index (χ0) is 52.6. The van der Waals surface area contributed by atoms with Crippen LogP contribution in [0, 0.1) is 90.6 Å². The van der Waals surface area contributed by atoms with Crippen LogP contribution in [0.1, 0.15) is 77.9 Å². The Morgan fingerprint density at radius 2 is 0.635 bits per heavy atom. The van der Waals surface area contributed by atoms with Crippen molar-refractivity contribution in [1.29, 1.82) is 42.1 Å². The van der Waals surface area contributed by atoms with Gasteiger partial charge in [0.05, 0.1) is 80.0 Å². The molecule has 0 aromatic heterocycles. The van der Waals surface area contributed by atoms with Crippen LogP contribution in [0.15, 0.2) is 146 Å². The normalized spacial score (nSPS) is 13.9. The average molecular weight is 971 g/mol. The lowest BCUT2D eigenvalue weighted by molar-refractivity contribution is -0.138. The molecule has 0 amide bonds. The number of benzene rings is 7. The highest BCUT2D eigenvalue weighted by Gasteiger charge is 2.44. The van der Waals surface area contributed by atoms with E-state index in [1.807, 2.05) is 24.3 Å². The minimum atomic E-state index is -4.85. The highest BCUT2D eigenvalue weighted by Crippen LogP contribution is 2.63. The van der Waals surface area contributed by atoms with Crippen LogP contribution in [-0.4, -0.2) is 0 Å². The summed E-state index contributed by atoms with van der Waals surface area (Å²) in [6.07, 6.45) is -9.69. The number of nitriles is 8. The maximum atomic E-state index is 14.5. The summed E-state index contributed by atoms with van der Waals surface area (Å²) < 4.78 is 86.6. The first-order chi connectivity index (χ1) is 35.6. The highest BCUT2D eigenvalue weighted by atomic mass is 19.4. The van der Waals surface area contributed by atoms with Crippen molar-refractivity contribution in [3.63, 3.8) is 0 Å². The second-order valence-electron chi connectivity index (χ2n) is 16.6. The number of nitrogens with zero attached hydrogens (tertiary/aromatic N) is 8. The molecule has 0 saturated carbocycles. The highest BCUT2D eigenvalue weighted by molar-refractivity contribution is 6.39. The first-order valence-corrected chi connectivity index (χ1v) is 21.9. The Balaban J connectivity index is 1.66. The number of hydrogen-bond donors (Lipinski definition) is 0. The molecule has 2 aliphatic carbocycles. The van der Waals surface area contributed by atoms with E-state index in [9.17, 15) is 68.4 Å². The first-order valence-electron chi connectivity index (χ1n) is 21.9. The van der Waals surface area contributed by atoms with Crippen LogP contribution in [0.3, 0.4) is 0 Å². The maximum absolute atomic E-state index is 14.5. The summed E-state index contributed by atoms with van der Waals surface area (Å²) in [5.74, 6) is 0. The lowest BCUT2D eigenvalue weighted by Gasteiger charge is -2.24. The summed E-state index contributed by atoms with van der Waals surface area (Å²) in [6, 6.07) is 48.9. The summed E-state index contributed by atoms with van der Waals surface area (Å²) >= 11 is 0. The quantitative estimate of drug-likeness (QED) is 0.116. The Hall–Kier alpha value is -11.0. The molecule has 0 spiro atoms. The molecule has 7 aromatic carbocycles. The molecule has 0 atom stereocenters. The summed E-state index contributed by atoms with van der Waals surface area (Å²) in [6.45, 7) is 0. The Kier molecular flexibility index (Phi) is 12.2. The van der Waals surface area contributed by atoms with Gasteiger partial charge in [-0.2, -0.15) is 68.4 Å². The van der Waals surface area contributed by atoms with Crippen LogP contribution in [0.2, 0.25) is 0 Å². The zero-order valence-corrected chi connectivity index (χ0v) is 37.7. The number of halogens is 6. The molecule has 9 rings (SSSR count). The van der Waals surface area contributed by atoms with Crippen LogP contribution in [0.5, 0.6) is 0 Å². The summed E-state index contributed by atoms with van der Waals surface area (Å²) in [5.41, 5.74) is -2.89. The number of fused-ring (bicyclic) bond motifs is 2. The van der Waals surface area contributed by atoms with Crippen LogP contribution in [0.4, 0.5) is 26.3 Å². The van der Waals surface area contributed by atoms with E-state index in [1.54, 1.807) is 60.7 Å². The Labute approximate surface area is 418 Å². The van der Waals surface area contributed by atoms with Crippen molar-refractivity contribution in [2.75, 3.05) is 0 Å². The molecule has 14 heteroatoms. The smallest absolute Gasteiger partial charge is 0.192 e. The molecule has 0 radical (unpaired) electrons. The van der Waals surface area contributed by atoms with Gasteiger partial charge in [0.2, 0.25) is 0 Å². The first kappa shape index (κ1) is 48.0. The molecule has 0 bridgehead atoms. The van der Waals surface area contributed by atoms with Crippen LogP contribution in [0.25, 0.3) is 66.8 Å². The van der Waals surface area contributed by atoms with Gasteiger partial charge in [-0.1, -0.05) is 84.9 Å². The van der Waals surface area contributed by atoms with Gasteiger partial charge in [0.25, 0.3) is 0 Å². The molecule has 8 nitrogen and oxygen atoms in total. The van der Waals surface area contributed by atoms with E-state index in [4.69, 9.17) is 0 Å². The third kappa shape index (κ3) is 8.07. The van der Waals surface area contributed by atoms with Crippen molar-refractivity contribution < 1.29 is 26.3 Å². The standard InChI is InChI=1S/C60H24F6N8/c61-59(62,63)43-15-11-39(12-16-43)51-55-47(31-73)49(37-7-3-1-4-8-37)53(45(29-71)41-21-33(25-67)19-34(22-41)26-68)57(55)52(40-13-17-44(18-14-40)60(64,65)66)58-54(46(30-72)42-23-35(27-69)20-36(24-42)28-70)50(48(32-74)56(51)58)38-9-5-2-6-10-38/h1-24H/b53-45+,54-46+. The Morgan fingerprint density at radius 1 is 0.324 bits per heavy atom. The predicted octanol–water partition coefficient (Wildman–Crippen LogP) is 14.3. The fourth-order valence-corrected chi connectivity index (χ4v) is 9.57. The van der Waals surface area contributed by atoms with E-state index in [-0.39, 0.29) is 122 Å². The molecule has 0 unspecified atom stereocenters. The van der Waals surface area contributed by atoms with Crippen LogP contribution < -0.4 is 0 Å². The van der Waals surface area contributed by atoms with E-state index in [0.717, 1.165) is 48.5 Å². The van der Waals surface area contributed by atoms with Crippen molar-refractivity contribution in [2.45, 2.75) is 12.4 Å². The van der Waals surface area contributed by atoms with E-state index < -0.39 is 23.5 Å². The average Bonchev–Trinajstić information content (AvgIpc) is 3.95. The van der Waals surface area contributed by atoms with E-state index in [0.29, 0.717) is 11.1 Å². The molecular formula is C60H24F6N8. The van der Waals surface area contributed by atoms with Gasteiger partial charge in [0.1, 0.15) is 24.3 Å².